The Morgan fingerprint density at radius 3 is 2.50 bits per heavy atom. The molecular formula is C10H24ClN3. The summed E-state index contributed by atoms with van der Waals surface area (Å²) in [6.45, 7) is 7.53. The highest BCUT2D eigenvalue weighted by molar-refractivity contribution is 5.85. The monoisotopic (exact) mass is 221 g/mol. The SMILES string of the molecule is CC(N)CN1CCCC(C(C)N)C1.Cl. The molecule has 0 amide bonds. The van der Waals surface area contributed by atoms with Crippen LogP contribution in [0.25, 0.3) is 0 Å². The first-order chi connectivity index (χ1) is 6.09. The Labute approximate surface area is 93.6 Å². The third kappa shape index (κ3) is 4.60. The molecule has 1 saturated heterocycles. The molecule has 4 N–H and O–H groups in total. The van der Waals surface area contributed by atoms with E-state index in [-0.39, 0.29) is 18.4 Å². The van der Waals surface area contributed by atoms with Crippen molar-refractivity contribution in [1.29, 1.82) is 0 Å². The van der Waals surface area contributed by atoms with Crippen molar-refractivity contribution in [2.24, 2.45) is 17.4 Å². The van der Waals surface area contributed by atoms with Gasteiger partial charge in [-0.05, 0) is 39.2 Å². The molecule has 0 aliphatic carbocycles. The molecule has 0 aromatic heterocycles. The van der Waals surface area contributed by atoms with Crippen molar-refractivity contribution in [2.75, 3.05) is 19.6 Å². The van der Waals surface area contributed by atoms with Gasteiger partial charge in [-0.15, -0.1) is 12.4 Å². The molecule has 14 heavy (non-hydrogen) atoms. The molecule has 3 atom stereocenters. The molecule has 1 rings (SSSR count). The molecule has 0 bridgehead atoms. The van der Waals surface area contributed by atoms with E-state index in [9.17, 15) is 0 Å². The van der Waals surface area contributed by atoms with E-state index in [0.29, 0.717) is 12.0 Å². The van der Waals surface area contributed by atoms with E-state index in [1.807, 2.05) is 0 Å². The van der Waals surface area contributed by atoms with Crippen LogP contribution in [-0.2, 0) is 0 Å². The summed E-state index contributed by atoms with van der Waals surface area (Å²) in [6, 6.07) is 0.614. The van der Waals surface area contributed by atoms with Crippen LogP contribution in [0.1, 0.15) is 26.7 Å². The minimum absolute atomic E-state index is 0. The maximum atomic E-state index is 5.90. The van der Waals surface area contributed by atoms with Gasteiger partial charge in [0.2, 0.25) is 0 Å². The summed E-state index contributed by atoms with van der Waals surface area (Å²) in [4.78, 5) is 2.45. The second kappa shape index (κ2) is 6.62. The van der Waals surface area contributed by atoms with Gasteiger partial charge in [0, 0.05) is 25.2 Å². The van der Waals surface area contributed by atoms with Crippen molar-refractivity contribution in [2.45, 2.75) is 38.8 Å². The van der Waals surface area contributed by atoms with Gasteiger partial charge in [-0.2, -0.15) is 0 Å². The highest BCUT2D eigenvalue weighted by atomic mass is 35.5. The van der Waals surface area contributed by atoms with Crippen molar-refractivity contribution < 1.29 is 0 Å². The average Bonchev–Trinajstić information content (AvgIpc) is 2.03. The summed E-state index contributed by atoms with van der Waals surface area (Å²) in [5.41, 5.74) is 11.7. The van der Waals surface area contributed by atoms with Gasteiger partial charge in [0.05, 0.1) is 0 Å². The topological polar surface area (TPSA) is 55.3 Å². The third-order valence-electron chi connectivity index (χ3n) is 2.83. The molecule has 4 heteroatoms. The fraction of sp³-hybridized carbons (Fsp3) is 1.00. The van der Waals surface area contributed by atoms with Gasteiger partial charge in [0.15, 0.2) is 0 Å². The Morgan fingerprint density at radius 2 is 2.00 bits per heavy atom. The number of hydrogen-bond donors (Lipinski definition) is 2. The molecule has 3 unspecified atom stereocenters. The van der Waals surface area contributed by atoms with Crippen LogP contribution in [0.2, 0.25) is 0 Å². The van der Waals surface area contributed by atoms with Crippen molar-refractivity contribution in [3.63, 3.8) is 0 Å². The van der Waals surface area contributed by atoms with Crippen molar-refractivity contribution in [1.82, 2.24) is 4.90 Å². The van der Waals surface area contributed by atoms with Gasteiger partial charge >= 0.3 is 0 Å². The lowest BCUT2D eigenvalue weighted by Gasteiger charge is -2.35. The molecule has 1 heterocycles. The molecule has 1 aliphatic rings. The fourth-order valence-electron chi connectivity index (χ4n) is 2.09. The van der Waals surface area contributed by atoms with Gasteiger partial charge in [0.25, 0.3) is 0 Å². The molecule has 86 valence electrons. The molecule has 0 saturated carbocycles. The van der Waals surface area contributed by atoms with Crippen LogP contribution in [0.4, 0.5) is 0 Å². The third-order valence-corrected chi connectivity index (χ3v) is 2.83. The van der Waals surface area contributed by atoms with E-state index in [4.69, 9.17) is 11.5 Å². The Balaban J connectivity index is 0.00000169. The lowest BCUT2D eigenvalue weighted by Crippen LogP contribution is -2.45. The summed E-state index contributed by atoms with van der Waals surface area (Å²) in [5, 5.41) is 0. The van der Waals surface area contributed by atoms with E-state index in [2.05, 4.69) is 18.7 Å². The molecular weight excluding hydrogens is 198 g/mol. The van der Waals surface area contributed by atoms with E-state index in [1.165, 1.54) is 19.4 Å². The summed E-state index contributed by atoms with van der Waals surface area (Å²) in [7, 11) is 0. The minimum atomic E-state index is 0. The summed E-state index contributed by atoms with van der Waals surface area (Å²) in [5.74, 6) is 0.674. The molecule has 0 spiro atoms. The molecule has 0 aromatic carbocycles. The van der Waals surface area contributed by atoms with Crippen LogP contribution in [0, 0.1) is 5.92 Å². The minimum Gasteiger partial charge on any atom is -0.328 e. The highest BCUT2D eigenvalue weighted by Crippen LogP contribution is 2.18. The maximum Gasteiger partial charge on any atom is 0.0139 e. The summed E-state index contributed by atoms with van der Waals surface area (Å²) in [6.07, 6.45) is 2.56. The Kier molecular flexibility index (Phi) is 6.70. The first-order valence-corrected chi connectivity index (χ1v) is 5.33. The second-order valence-electron chi connectivity index (χ2n) is 4.50. The molecule has 0 aromatic rings. The molecule has 0 radical (unpaired) electrons. The van der Waals surface area contributed by atoms with Gasteiger partial charge in [-0.25, -0.2) is 0 Å². The predicted octanol–water partition coefficient (Wildman–Crippen LogP) is 0.815. The van der Waals surface area contributed by atoms with Crippen LogP contribution >= 0.6 is 12.4 Å². The summed E-state index contributed by atoms with van der Waals surface area (Å²) < 4.78 is 0. The van der Waals surface area contributed by atoms with Gasteiger partial charge < -0.3 is 16.4 Å². The lowest BCUT2D eigenvalue weighted by molar-refractivity contribution is 0.155. The lowest BCUT2D eigenvalue weighted by atomic mass is 9.92. The number of nitrogens with two attached hydrogens (primary N) is 2. The normalized spacial score (nSPS) is 27.9. The van der Waals surface area contributed by atoms with E-state index in [1.54, 1.807) is 0 Å². The maximum absolute atomic E-state index is 5.90. The Hall–Kier alpha value is 0.170. The Morgan fingerprint density at radius 1 is 1.36 bits per heavy atom. The zero-order valence-corrected chi connectivity index (χ0v) is 10.1. The molecule has 3 nitrogen and oxygen atoms in total. The average molecular weight is 222 g/mol. The number of piperidine rings is 1. The smallest absolute Gasteiger partial charge is 0.0139 e. The van der Waals surface area contributed by atoms with Gasteiger partial charge in [-0.1, -0.05) is 0 Å². The zero-order valence-electron chi connectivity index (χ0n) is 9.28. The zero-order chi connectivity index (χ0) is 9.84. The Bertz CT molecular complexity index is 150. The van der Waals surface area contributed by atoms with Crippen LogP contribution in [0.15, 0.2) is 0 Å². The van der Waals surface area contributed by atoms with E-state index < -0.39 is 0 Å². The van der Waals surface area contributed by atoms with Crippen molar-refractivity contribution in [3.05, 3.63) is 0 Å². The molecule has 1 fully saturated rings. The van der Waals surface area contributed by atoms with Crippen LogP contribution in [0.3, 0.4) is 0 Å². The van der Waals surface area contributed by atoms with Crippen LogP contribution in [0.5, 0.6) is 0 Å². The fourth-order valence-corrected chi connectivity index (χ4v) is 2.09. The number of likely N-dealkylation sites (tertiary alicyclic amines) is 1. The molecule has 1 aliphatic heterocycles. The van der Waals surface area contributed by atoms with Gasteiger partial charge in [-0.3, -0.25) is 0 Å². The number of nitrogens with zero attached hydrogens (tertiary/aromatic N) is 1. The first-order valence-electron chi connectivity index (χ1n) is 5.33. The predicted molar refractivity (Wildman–Crippen MR) is 63.7 cm³/mol. The first kappa shape index (κ1) is 14.2. The summed E-state index contributed by atoms with van der Waals surface area (Å²) >= 11 is 0. The largest absolute Gasteiger partial charge is 0.328 e. The van der Waals surface area contributed by atoms with Crippen molar-refractivity contribution >= 4 is 12.4 Å². The van der Waals surface area contributed by atoms with E-state index in [0.717, 1.165) is 13.1 Å². The van der Waals surface area contributed by atoms with Crippen molar-refractivity contribution in [3.8, 4) is 0 Å². The second-order valence-corrected chi connectivity index (χ2v) is 4.50. The van der Waals surface area contributed by atoms with E-state index >= 15 is 0 Å². The number of hydrogen-bond acceptors (Lipinski definition) is 3. The van der Waals surface area contributed by atoms with Gasteiger partial charge in [0.1, 0.15) is 0 Å². The quantitative estimate of drug-likeness (QED) is 0.742. The highest BCUT2D eigenvalue weighted by Gasteiger charge is 2.22. The number of rotatable bonds is 3. The van der Waals surface area contributed by atoms with Crippen LogP contribution in [-0.4, -0.2) is 36.6 Å². The number of halogens is 1. The van der Waals surface area contributed by atoms with Crippen LogP contribution < -0.4 is 11.5 Å². The standard InChI is InChI=1S/C10H23N3.ClH/c1-8(11)6-13-5-3-4-10(7-13)9(2)12;/h8-10H,3-7,11-12H2,1-2H3;1H.